The molecule has 0 aliphatic rings. The summed E-state index contributed by atoms with van der Waals surface area (Å²) < 4.78 is 0. The van der Waals surface area contributed by atoms with Crippen LogP contribution in [0.15, 0.2) is 42.5 Å². The number of anilines is 1. The molecule has 0 aromatic heterocycles. The highest BCUT2D eigenvalue weighted by Crippen LogP contribution is 2.20. The number of benzene rings is 2. The van der Waals surface area contributed by atoms with E-state index in [4.69, 9.17) is 11.6 Å². The summed E-state index contributed by atoms with van der Waals surface area (Å²) in [5.74, 6) is -0.147. The Morgan fingerprint density at radius 1 is 1.29 bits per heavy atom. The number of quaternary nitrogens is 1. The summed E-state index contributed by atoms with van der Waals surface area (Å²) in [5, 5.41) is 14.2. The zero-order chi connectivity index (χ0) is 17.7. The summed E-state index contributed by atoms with van der Waals surface area (Å²) in [7, 11) is 1.92. The number of rotatable bonds is 6. The van der Waals surface area contributed by atoms with Gasteiger partial charge in [-0.1, -0.05) is 23.7 Å². The molecular weight excluding hydrogens is 330 g/mol. The number of hydrogen-bond donors (Lipinski definition) is 2. The maximum Gasteiger partial charge on any atom is 0.279 e. The van der Waals surface area contributed by atoms with Crippen molar-refractivity contribution in [2.45, 2.75) is 13.5 Å². The van der Waals surface area contributed by atoms with Crippen molar-refractivity contribution in [3.63, 3.8) is 0 Å². The Bertz CT molecular complexity index is 764. The Kier molecular flexibility index (Phi) is 5.89. The standard InChI is InChI=1S/C17H18ClN3O3/c1-12-8-15(21(23)24)6-7-16(12)19-17(22)11-20(2)10-13-4-3-5-14(18)9-13/h3-9H,10-11H2,1-2H3,(H,19,22)/p+1. The van der Waals surface area contributed by atoms with Crippen LogP contribution >= 0.6 is 11.6 Å². The lowest BCUT2D eigenvalue weighted by atomic mass is 10.2. The highest BCUT2D eigenvalue weighted by molar-refractivity contribution is 6.30. The van der Waals surface area contributed by atoms with Crippen LogP contribution in [0.5, 0.6) is 0 Å². The number of halogens is 1. The monoisotopic (exact) mass is 348 g/mol. The molecule has 2 aromatic rings. The predicted molar refractivity (Wildman–Crippen MR) is 93.4 cm³/mol. The fourth-order valence-corrected chi connectivity index (χ4v) is 2.64. The fraction of sp³-hybridized carbons (Fsp3) is 0.235. The van der Waals surface area contributed by atoms with Crippen LogP contribution in [0.25, 0.3) is 0 Å². The summed E-state index contributed by atoms with van der Waals surface area (Å²) in [6.07, 6.45) is 0. The number of carbonyl (C=O) groups excluding carboxylic acids is 1. The van der Waals surface area contributed by atoms with Crippen molar-refractivity contribution in [1.29, 1.82) is 0 Å². The van der Waals surface area contributed by atoms with Crippen LogP contribution in [-0.2, 0) is 11.3 Å². The fourth-order valence-electron chi connectivity index (χ4n) is 2.43. The summed E-state index contributed by atoms with van der Waals surface area (Å²) in [5.41, 5.74) is 2.31. The number of hydrogen-bond acceptors (Lipinski definition) is 3. The third-order valence-corrected chi connectivity index (χ3v) is 3.79. The van der Waals surface area contributed by atoms with Crippen molar-refractivity contribution in [2.75, 3.05) is 18.9 Å². The van der Waals surface area contributed by atoms with E-state index in [2.05, 4.69) is 5.32 Å². The minimum absolute atomic E-state index is 0.00852. The topological polar surface area (TPSA) is 76.7 Å². The van der Waals surface area contributed by atoms with Crippen molar-refractivity contribution in [1.82, 2.24) is 0 Å². The van der Waals surface area contributed by atoms with Crippen LogP contribution in [0, 0.1) is 17.0 Å². The van der Waals surface area contributed by atoms with Gasteiger partial charge in [-0.05, 0) is 30.7 Å². The van der Waals surface area contributed by atoms with E-state index < -0.39 is 4.92 Å². The first-order valence-electron chi connectivity index (χ1n) is 7.46. The molecule has 1 amide bonds. The van der Waals surface area contributed by atoms with Gasteiger partial charge in [-0.2, -0.15) is 0 Å². The second kappa shape index (κ2) is 7.90. The van der Waals surface area contributed by atoms with Gasteiger partial charge in [0, 0.05) is 28.4 Å². The van der Waals surface area contributed by atoms with Crippen LogP contribution in [0.2, 0.25) is 5.02 Å². The zero-order valence-corrected chi connectivity index (χ0v) is 14.3. The van der Waals surface area contributed by atoms with Gasteiger partial charge in [0.1, 0.15) is 6.54 Å². The summed E-state index contributed by atoms with van der Waals surface area (Å²) >= 11 is 5.96. The van der Waals surface area contributed by atoms with Crippen LogP contribution in [0.4, 0.5) is 11.4 Å². The number of non-ortho nitro benzene ring substituents is 1. The molecule has 0 radical (unpaired) electrons. The third-order valence-electron chi connectivity index (χ3n) is 3.55. The highest BCUT2D eigenvalue weighted by Gasteiger charge is 2.14. The maximum absolute atomic E-state index is 12.2. The summed E-state index contributed by atoms with van der Waals surface area (Å²) in [4.78, 5) is 23.4. The van der Waals surface area contributed by atoms with Gasteiger partial charge in [0.05, 0.1) is 12.0 Å². The third kappa shape index (κ3) is 5.04. The number of aryl methyl sites for hydroxylation is 1. The molecule has 1 unspecified atom stereocenters. The number of nitro groups is 1. The van der Waals surface area contributed by atoms with E-state index >= 15 is 0 Å². The van der Waals surface area contributed by atoms with Crippen LogP contribution in [0.1, 0.15) is 11.1 Å². The van der Waals surface area contributed by atoms with E-state index in [9.17, 15) is 14.9 Å². The van der Waals surface area contributed by atoms with Crippen molar-refractivity contribution in [3.8, 4) is 0 Å². The Balaban J connectivity index is 1.94. The van der Waals surface area contributed by atoms with E-state index in [0.717, 1.165) is 10.5 Å². The Labute approximate surface area is 145 Å². The molecule has 0 saturated carbocycles. The molecule has 0 bridgehead atoms. The van der Waals surface area contributed by atoms with Crippen LogP contribution < -0.4 is 10.2 Å². The minimum atomic E-state index is -0.457. The molecule has 0 heterocycles. The minimum Gasteiger partial charge on any atom is -0.326 e. The molecule has 2 rings (SSSR count). The first-order chi connectivity index (χ1) is 11.3. The van der Waals surface area contributed by atoms with Gasteiger partial charge < -0.3 is 10.2 Å². The smallest absolute Gasteiger partial charge is 0.279 e. The van der Waals surface area contributed by atoms with Gasteiger partial charge in [-0.3, -0.25) is 14.9 Å². The first-order valence-corrected chi connectivity index (χ1v) is 7.83. The largest absolute Gasteiger partial charge is 0.326 e. The number of nitrogens with zero attached hydrogens (tertiary/aromatic N) is 1. The Hall–Kier alpha value is -2.44. The van der Waals surface area contributed by atoms with Gasteiger partial charge in [0.15, 0.2) is 6.54 Å². The Morgan fingerprint density at radius 3 is 2.67 bits per heavy atom. The normalized spacial score (nSPS) is 11.8. The van der Waals surface area contributed by atoms with E-state index in [-0.39, 0.29) is 18.1 Å². The molecule has 0 fully saturated rings. The number of carbonyl (C=O) groups is 1. The van der Waals surface area contributed by atoms with Crippen molar-refractivity contribution < 1.29 is 14.6 Å². The quantitative estimate of drug-likeness (QED) is 0.620. The lowest BCUT2D eigenvalue weighted by Gasteiger charge is -2.14. The van der Waals surface area contributed by atoms with Crippen molar-refractivity contribution in [3.05, 3.63) is 68.7 Å². The van der Waals surface area contributed by atoms with Crippen molar-refractivity contribution >= 4 is 28.9 Å². The number of likely N-dealkylation sites (N-methyl/N-ethyl adjacent to an activating group) is 1. The van der Waals surface area contributed by atoms with Crippen LogP contribution in [0.3, 0.4) is 0 Å². The van der Waals surface area contributed by atoms with Crippen molar-refractivity contribution in [2.24, 2.45) is 0 Å². The lowest BCUT2D eigenvalue weighted by Crippen LogP contribution is -3.08. The van der Waals surface area contributed by atoms with Crippen LogP contribution in [-0.4, -0.2) is 24.4 Å². The molecule has 2 aromatic carbocycles. The van der Waals surface area contributed by atoms with Gasteiger partial charge in [-0.15, -0.1) is 0 Å². The van der Waals surface area contributed by atoms with E-state index in [1.807, 2.05) is 31.3 Å². The van der Waals surface area contributed by atoms with Gasteiger partial charge in [-0.25, -0.2) is 0 Å². The molecule has 0 aliphatic carbocycles. The predicted octanol–water partition coefficient (Wildman–Crippen LogP) is 2.21. The molecule has 24 heavy (non-hydrogen) atoms. The molecule has 7 heteroatoms. The highest BCUT2D eigenvalue weighted by atomic mass is 35.5. The zero-order valence-electron chi connectivity index (χ0n) is 13.5. The molecule has 2 N–H and O–H groups in total. The molecule has 126 valence electrons. The van der Waals surface area contributed by atoms with Gasteiger partial charge >= 0.3 is 0 Å². The number of nitro benzene ring substituents is 1. The van der Waals surface area contributed by atoms with E-state index in [1.165, 1.54) is 12.1 Å². The summed E-state index contributed by atoms with van der Waals surface area (Å²) in [6.45, 7) is 2.68. The summed E-state index contributed by atoms with van der Waals surface area (Å²) in [6, 6.07) is 11.9. The molecule has 0 aliphatic heterocycles. The molecule has 1 atom stereocenters. The molecule has 0 saturated heterocycles. The second-order valence-electron chi connectivity index (χ2n) is 5.75. The second-order valence-corrected chi connectivity index (χ2v) is 6.18. The van der Waals surface area contributed by atoms with E-state index in [0.29, 0.717) is 22.8 Å². The van der Waals surface area contributed by atoms with Gasteiger partial charge in [0.2, 0.25) is 0 Å². The maximum atomic E-state index is 12.2. The number of nitrogens with one attached hydrogen (secondary N) is 2. The molecule has 6 nitrogen and oxygen atoms in total. The van der Waals surface area contributed by atoms with Gasteiger partial charge in [0.25, 0.3) is 11.6 Å². The van der Waals surface area contributed by atoms with E-state index in [1.54, 1.807) is 13.0 Å². The number of amides is 1. The average molecular weight is 349 g/mol. The Morgan fingerprint density at radius 2 is 2.04 bits per heavy atom. The molecular formula is C17H19ClN3O3+. The first kappa shape index (κ1) is 17.9. The molecule has 0 spiro atoms. The average Bonchev–Trinajstić information content (AvgIpc) is 2.48. The SMILES string of the molecule is Cc1cc([N+](=O)[O-])ccc1NC(=O)C[NH+](C)Cc1cccc(Cl)c1. The lowest BCUT2D eigenvalue weighted by molar-refractivity contribution is -0.885.